The van der Waals surface area contributed by atoms with Gasteiger partial charge in [-0.2, -0.15) is 0 Å². The van der Waals surface area contributed by atoms with Crippen molar-refractivity contribution in [2.45, 2.75) is 32.8 Å². The quantitative estimate of drug-likeness (QED) is 0.568. The van der Waals surface area contributed by atoms with Crippen LogP contribution in [0.15, 0.2) is 0 Å². The van der Waals surface area contributed by atoms with E-state index in [-0.39, 0.29) is 6.10 Å². The van der Waals surface area contributed by atoms with Gasteiger partial charge in [-0.25, -0.2) is 0 Å². The highest BCUT2D eigenvalue weighted by atomic mass is 16.3. The number of rotatable bonds is 2. The standard InChI is InChI=1S/C6H13O2/c1-4-5(7)6(2,3)8/h7-8H,4H2,1-3H3. The van der Waals surface area contributed by atoms with Crippen LogP contribution in [-0.4, -0.2) is 15.8 Å². The predicted molar refractivity (Wildman–Crippen MR) is 31.8 cm³/mol. The second-order valence-electron chi connectivity index (χ2n) is 2.36. The van der Waals surface area contributed by atoms with Crippen LogP contribution in [-0.2, 0) is 0 Å². The molecule has 2 nitrogen and oxygen atoms in total. The maximum absolute atomic E-state index is 9.00. The molecule has 0 fully saturated rings. The minimum absolute atomic E-state index is 0.137. The third-order valence-electron chi connectivity index (χ3n) is 1.04. The highest BCUT2D eigenvalue weighted by Gasteiger charge is 2.23. The van der Waals surface area contributed by atoms with Gasteiger partial charge in [0.25, 0.3) is 0 Å². The molecule has 1 radical (unpaired) electrons. The van der Waals surface area contributed by atoms with Crippen molar-refractivity contribution in [3.63, 3.8) is 0 Å². The molecule has 0 aliphatic carbocycles. The summed E-state index contributed by atoms with van der Waals surface area (Å²) in [6.07, 6.45) is 0.654. The Morgan fingerprint density at radius 1 is 1.50 bits per heavy atom. The van der Waals surface area contributed by atoms with E-state index in [1.807, 2.05) is 0 Å². The predicted octanol–water partition coefficient (Wildman–Crippen LogP) is 1.07. The second kappa shape index (κ2) is 2.46. The van der Waals surface area contributed by atoms with Gasteiger partial charge in [0.2, 0.25) is 0 Å². The van der Waals surface area contributed by atoms with Crippen molar-refractivity contribution in [2.24, 2.45) is 0 Å². The van der Waals surface area contributed by atoms with Gasteiger partial charge in [0.15, 0.2) is 0 Å². The monoisotopic (exact) mass is 117 g/mol. The van der Waals surface area contributed by atoms with Gasteiger partial charge >= 0.3 is 0 Å². The Hall–Kier alpha value is -0.0800. The van der Waals surface area contributed by atoms with Gasteiger partial charge in [0, 0.05) is 0 Å². The molecule has 0 rings (SSSR count). The molecule has 0 atom stereocenters. The molecule has 0 saturated heterocycles. The molecule has 2 heteroatoms. The average molecular weight is 117 g/mol. The molecule has 0 unspecified atom stereocenters. The normalized spacial score (nSPS) is 12.8. The van der Waals surface area contributed by atoms with Crippen LogP contribution in [0.4, 0.5) is 0 Å². The molecule has 0 aliphatic rings. The molecular weight excluding hydrogens is 104 g/mol. The molecule has 8 heavy (non-hydrogen) atoms. The van der Waals surface area contributed by atoms with Crippen molar-refractivity contribution in [1.82, 2.24) is 0 Å². The van der Waals surface area contributed by atoms with Gasteiger partial charge in [-0.3, -0.25) is 0 Å². The Balaban J connectivity index is 3.62. The molecule has 0 aromatic heterocycles. The zero-order valence-corrected chi connectivity index (χ0v) is 5.60. The summed E-state index contributed by atoms with van der Waals surface area (Å²) in [7, 11) is 0. The van der Waals surface area contributed by atoms with Gasteiger partial charge < -0.3 is 10.2 Å². The smallest absolute Gasteiger partial charge is 0.124 e. The summed E-state index contributed by atoms with van der Waals surface area (Å²) >= 11 is 0. The van der Waals surface area contributed by atoms with Crippen LogP contribution >= 0.6 is 0 Å². The fraction of sp³-hybridized carbons (Fsp3) is 0.833. The van der Waals surface area contributed by atoms with Gasteiger partial charge in [-0.1, -0.05) is 6.92 Å². The van der Waals surface area contributed by atoms with Crippen LogP contribution in [0.5, 0.6) is 0 Å². The number of aliphatic hydroxyl groups is 2. The van der Waals surface area contributed by atoms with Crippen molar-refractivity contribution in [3.8, 4) is 0 Å². The summed E-state index contributed by atoms with van der Waals surface area (Å²) in [5.41, 5.74) is -1.02. The highest BCUT2D eigenvalue weighted by Crippen LogP contribution is 2.17. The summed E-state index contributed by atoms with van der Waals surface area (Å²) in [5.74, 6) is 0. The zero-order chi connectivity index (χ0) is 6.78. The fourth-order valence-electron chi connectivity index (χ4n) is 0.433. The summed E-state index contributed by atoms with van der Waals surface area (Å²) in [6.45, 7) is 4.92. The third-order valence-corrected chi connectivity index (χ3v) is 1.04. The van der Waals surface area contributed by atoms with E-state index >= 15 is 0 Å². The first-order valence-electron chi connectivity index (χ1n) is 2.76. The SMILES string of the molecule is CC[C](O)C(C)(C)O. The fourth-order valence-corrected chi connectivity index (χ4v) is 0.433. The summed E-state index contributed by atoms with van der Waals surface area (Å²) < 4.78 is 0. The summed E-state index contributed by atoms with van der Waals surface area (Å²) in [6, 6.07) is 0. The van der Waals surface area contributed by atoms with Crippen molar-refractivity contribution < 1.29 is 10.2 Å². The Kier molecular flexibility index (Phi) is 2.44. The van der Waals surface area contributed by atoms with E-state index in [1.165, 1.54) is 0 Å². The lowest BCUT2D eigenvalue weighted by Crippen LogP contribution is -2.27. The first kappa shape index (κ1) is 7.92. The molecular formula is C6H13O2. The van der Waals surface area contributed by atoms with E-state index in [4.69, 9.17) is 10.2 Å². The minimum Gasteiger partial charge on any atom is -0.387 e. The molecule has 0 aromatic carbocycles. The molecule has 49 valence electrons. The first-order valence-corrected chi connectivity index (χ1v) is 2.76. The number of aliphatic hydroxyl groups excluding tert-OH is 1. The van der Waals surface area contributed by atoms with Gasteiger partial charge in [0.1, 0.15) is 6.10 Å². The lowest BCUT2D eigenvalue weighted by molar-refractivity contribution is 0.0194. The van der Waals surface area contributed by atoms with Crippen LogP contribution in [0.1, 0.15) is 27.2 Å². The second-order valence-corrected chi connectivity index (χ2v) is 2.36. The lowest BCUT2D eigenvalue weighted by atomic mass is 10.0. The van der Waals surface area contributed by atoms with E-state index < -0.39 is 5.60 Å². The van der Waals surface area contributed by atoms with Crippen LogP contribution in [0.25, 0.3) is 0 Å². The van der Waals surface area contributed by atoms with E-state index in [0.717, 1.165) is 0 Å². The molecule has 2 N–H and O–H groups in total. The Bertz CT molecular complexity index is 63.4. The largest absolute Gasteiger partial charge is 0.387 e. The molecule has 0 saturated carbocycles. The van der Waals surface area contributed by atoms with Crippen LogP contribution < -0.4 is 0 Å². The van der Waals surface area contributed by atoms with Crippen LogP contribution in [0, 0.1) is 6.10 Å². The van der Waals surface area contributed by atoms with Crippen molar-refractivity contribution in [3.05, 3.63) is 6.10 Å². The van der Waals surface area contributed by atoms with Crippen LogP contribution in [0.2, 0.25) is 0 Å². The number of hydrogen-bond donors (Lipinski definition) is 2. The average Bonchev–Trinajstić information content (AvgIpc) is 1.62. The Labute approximate surface area is 50.2 Å². The third kappa shape index (κ3) is 2.28. The van der Waals surface area contributed by atoms with E-state index in [0.29, 0.717) is 6.42 Å². The maximum Gasteiger partial charge on any atom is 0.124 e. The Morgan fingerprint density at radius 2 is 1.88 bits per heavy atom. The zero-order valence-electron chi connectivity index (χ0n) is 5.60. The molecule has 0 amide bonds. The van der Waals surface area contributed by atoms with Gasteiger partial charge in [-0.15, -0.1) is 0 Å². The highest BCUT2D eigenvalue weighted by molar-refractivity contribution is 4.91. The van der Waals surface area contributed by atoms with E-state index in [9.17, 15) is 0 Å². The topological polar surface area (TPSA) is 40.5 Å². The molecule has 0 heterocycles. The van der Waals surface area contributed by atoms with Crippen LogP contribution in [0.3, 0.4) is 0 Å². The van der Waals surface area contributed by atoms with Crippen molar-refractivity contribution in [1.29, 1.82) is 0 Å². The molecule has 0 bridgehead atoms. The maximum atomic E-state index is 9.00. The van der Waals surface area contributed by atoms with E-state index in [2.05, 4.69) is 0 Å². The van der Waals surface area contributed by atoms with E-state index in [1.54, 1.807) is 20.8 Å². The van der Waals surface area contributed by atoms with Crippen molar-refractivity contribution >= 4 is 0 Å². The Morgan fingerprint density at radius 3 is 1.88 bits per heavy atom. The summed E-state index contributed by atoms with van der Waals surface area (Å²) in [5, 5.41) is 17.9. The lowest BCUT2D eigenvalue weighted by Gasteiger charge is -2.21. The number of hydrogen-bond acceptors (Lipinski definition) is 2. The first-order chi connectivity index (χ1) is 3.48. The van der Waals surface area contributed by atoms with Gasteiger partial charge in [-0.05, 0) is 20.3 Å². The summed E-state index contributed by atoms with van der Waals surface area (Å²) in [4.78, 5) is 0. The van der Waals surface area contributed by atoms with Crippen molar-refractivity contribution in [2.75, 3.05) is 0 Å². The minimum atomic E-state index is -1.02. The van der Waals surface area contributed by atoms with Gasteiger partial charge in [0.05, 0.1) is 5.60 Å². The molecule has 0 aromatic rings. The molecule has 0 spiro atoms. The molecule has 0 aliphatic heterocycles.